The molecule has 0 saturated carbocycles. The summed E-state index contributed by atoms with van der Waals surface area (Å²) in [5.74, 6) is -1.60. The van der Waals surface area contributed by atoms with Crippen LogP contribution in [0.2, 0.25) is 0 Å². The smallest absolute Gasteiger partial charge is 0.308 e. The van der Waals surface area contributed by atoms with Gasteiger partial charge in [0.2, 0.25) is 17.6 Å². The number of carbonyl (C=O) groups is 3. The lowest BCUT2D eigenvalue weighted by Crippen LogP contribution is -2.31. The summed E-state index contributed by atoms with van der Waals surface area (Å²) >= 11 is 0. The Morgan fingerprint density at radius 3 is 2.43 bits per heavy atom. The molecule has 108 valence electrons. The maximum absolute atomic E-state index is 11.9. The van der Waals surface area contributed by atoms with Gasteiger partial charge in [0.15, 0.2) is 5.75 Å². The largest absolute Gasteiger partial charge is 0.426 e. The number of para-hydroxylation sites is 1. The monoisotopic (exact) mass is 288 g/mol. The van der Waals surface area contributed by atoms with E-state index in [1.165, 1.54) is 6.92 Å². The Morgan fingerprint density at radius 1 is 1.19 bits per heavy atom. The van der Waals surface area contributed by atoms with Crippen molar-refractivity contribution in [3.05, 3.63) is 24.3 Å². The molecule has 1 aliphatic heterocycles. The van der Waals surface area contributed by atoms with Gasteiger partial charge in [-0.25, -0.2) is 4.90 Å². The number of benzene rings is 1. The summed E-state index contributed by atoms with van der Waals surface area (Å²) in [4.78, 5) is 35.9. The number of fused-ring (bicyclic) bond motifs is 1. The van der Waals surface area contributed by atoms with Gasteiger partial charge < -0.3 is 9.94 Å². The first-order valence-electron chi connectivity index (χ1n) is 6.37. The Balaban J connectivity index is 2.29. The summed E-state index contributed by atoms with van der Waals surface area (Å²) in [6, 6.07) is 6.61. The molecule has 1 saturated heterocycles. The highest BCUT2D eigenvalue weighted by atomic mass is 16.5. The molecule has 1 aromatic heterocycles. The van der Waals surface area contributed by atoms with Gasteiger partial charge >= 0.3 is 5.97 Å². The van der Waals surface area contributed by atoms with E-state index in [4.69, 9.17) is 4.74 Å². The molecule has 0 spiro atoms. The van der Waals surface area contributed by atoms with E-state index in [1.807, 2.05) is 0 Å². The van der Waals surface area contributed by atoms with Gasteiger partial charge in [0.1, 0.15) is 0 Å². The van der Waals surface area contributed by atoms with Crippen molar-refractivity contribution >= 4 is 34.5 Å². The molecule has 1 aliphatic rings. The van der Waals surface area contributed by atoms with E-state index < -0.39 is 17.8 Å². The van der Waals surface area contributed by atoms with Crippen molar-refractivity contribution in [1.29, 1.82) is 0 Å². The number of imide groups is 1. The Hall–Kier alpha value is -2.83. The van der Waals surface area contributed by atoms with Crippen LogP contribution in [0.4, 0.5) is 5.82 Å². The molecule has 0 unspecified atom stereocenters. The van der Waals surface area contributed by atoms with Crippen LogP contribution in [0.15, 0.2) is 24.3 Å². The van der Waals surface area contributed by atoms with Crippen molar-refractivity contribution in [3.63, 3.8) is 0 Å². The van der Waals surface area contributed by atoms with Crippen molar-refractivity contribution in [2.45, 2.75) is 19.8 Å². The molecular formula is C14H12N2O5. The van der Waals surface area contributed by atoms with Gasteiger partial charge in [0, 0.05) is 25.2 Å². The predicted molar refractivity (Wildman–Crippen MR) is 72.2 cm³/mol. The number of hydrogen-bond acceptors (Lipinski definition) is 5. The fraction of sp³-hybridized carbons (Fsp3) is 0.214. The first-order chi connectivity index (χ1) is 10.0. The second kappa shape index (κ2) is 4.62. The Morgan fingerprint density at radius 2 is 1.81 bits per heavy atom. The van der Waals surface area contributed by atoms with E-state index in [9.17, 15) is 19.6 Å². The number of esters is 1. The van der Waals surface area contributed by atoms with E-state index in [1.54, 1.807) is 24.3 Å². The number of carbonyl (C=O) groups excluding carboxylic acids is 3. The van der Waals surface area contributed by atoms with Crippen molar-refractivity contribution in [2.24, 2.45) is 0 Å². The SMILES string of the molecule is CC(=O)Oc1c(N2C(=O)CCC2=O)n(O)c2ccccc12. The average molecular weight is 288 g/mol. The predicted octanol–water partition coefficient (Wildman–Crippen LogP) is 1.46. The van der Waals surface area contributed by atoms with Crippen molar-refractivity contribution in [2.75, 3.05) is 4.90 Å². The molecule has 2 amide bonds. The number of aromatic nitrogens is 1. The lowest BCUT2D eigenvalue weighted by molar-refractivity contribution is -0.132. The van der Waals surface area contributed by atoms with Crippen molar-refractivity contribution in [1.82, 2.24) is 4.73 Å². The molecule has 1 aromatic carbocycles. The van der Waals surface area contributed by atoms with Gasteiger partial charge in [0.05, 0.1) is 5.52 Å². The summed E-state index contributed by atoms with van der Waals surface area (Å²) in [6.45, 7) is 1.21. The van der Waals surface area contributed by atoms with E-state index in [-0.39, 0.29) is 24.4 Å². The maximum atomic E-state index is 11.9. The van der Waals surface area contributed by atoms with Crippen LogP contribution in [-0.2, 0) is 14.4 Å². The summed E-state index contributed by atoms with van der Waals surface area (Å²) in [5, 5.41) is 10.7. The van der Waals surface area contributed by atoms with Crippen LogP contribution < -0.4 is 9.64 Å². The number of hydrogen-bond donors (Lipinski definition) is 1. The normalized spacial score (nSPS) is 15.0. The van der Waals surface area contributed by atoms with Crippen LogP contribution in [-0.4, -0.2) is 27.7 Å². The number of rotatable bonds is 2. The van der Waals surface area contributed by atoms with E-state index in [2.05, 4.69) is 0 Å². The molecule has 0 atom stereocenters. The van der Waals surface area contributed by atoms with Crippen molar-refractivity contribution in [3.8, 4) is 5.75 Å². The van der Waals surface area contributed by atoms with E-state index >= 15 is 0 Å². The van der Waals surface area contributed by atoms with Crippen LogP contribution in [0.3, 0.4) is 0 Å². The quantitative estimate of drug-likeness (QED) is 0.513. The zero-order valence-corrected chi connectivity index (χ0v) is 11.2. The molecule has 0 aliphatic carbocycles. The fourth-order valence-corrected chi connectivity index (χ4v) is 2.43. The zero-order chi connectivity index (χ0) is 15.1. The molecule has 0 bridgehead atoms. The van der Waals surface area contributed by atoms with Gasteiger partial charge in [-0.3, -0.25) is 14.4 Å². The van der Waals surface area contributed by atoms with Gasteiger partial charge in [-0.2, -0.15) is 4.73 Å². The Bertz CT molecular complexity index is 761. The third-order valence-corrected chi connectivity index (χ3v) is 3.29. The van der Waals surface area contributed by atoms with Gasteiger partial charge in [-0.05, 0) is 12.1 Å². The molecule has 1 fully saturated rings. The standard InChI is InChI=1S/C14H12N2O5/c1-8(17)21-13-9-4-2-3-5-10(9)16(20)14(13)15-11(18)6-7-12(15)19/h2-5,20H,6-7H2,1H3. The highest BCUT2D eigenvalue weighted by Crippen LogP contribution is 2.40. The fourth-order valence-electron chi connectivity index (χ4n) is 2.43. The summed E-state index contributed by atoms with van der Waals surface area (Å²) < 4.78 is 5.83. The molecule has 7 nitrogen and oxygen atoms in total. The highest BCUT2D eigenvalue weighted by Gasteiger charge is 2.37. The summed E-state index contributed by atoms with van der Waals surface area (Å²) in [5.41, 5.74) is 0.344. The first kappa shape index (κ1) is 13.2. The number of ether oxygens (including phenoxy) is 1. The number of nitrogens with zero attached hydrogens (tertiary/aromatic N) is 2. The minimum absolute atomic E-state index is 0.00389. The summed E-state index contributed by atoms with van der Waals surface area (Å²) in [7, 11) is 0. The third kappa shape index (κ3) is 1.94. The number of anilines is 1. The molecule has 0 radical (unpaired) electrons. The number of amides is 2. The lowest BCUT2D eigenvalue weighted by Gasteiger charge is -2.15. The Kier molecular flexibility index (Phi) is 2.90. The zero-order valence-electron chi connectivity index (χ0n) is 11.2. The third-order valence-electron chi connectivity index (χ3n) is 3.29. The molecule has 1 N–H and O–H groups in total. The van der Waals surface area contributed by atoms with Crippen LogP contribution in [0, 0.1) is 0 Å². The second-order valence-corrected chi connectivity index (χ2v) is 4.70. The minimum atomic E-state index is -0.605. The van der Waals surface area contributed by atoms with Crippen LogP contribution >= 0.6 is 0 Å². The summed E-state index contributed by atoms with van der Waals surface area (Å²) in [6.07, 6.45) is 0.139. The molecular weight excluding hydrogens is 276 g/mol. The van der Waals surface area contributed by atoms with Crippen molar-refractivity contribution < 1.29 is 24.3 Å². The van der Waals surface area contributed by atoms with Crippen LogP contribution in [0.25, 0.3) is 10.9 Å². The first-order valence-corrected chi connectivity index (χ1v) is 6.37. The Labute approximate surface area is 119 Å². The topological polar surface area (TPSA) is 88.8 Å². The van der Waals surface area contributed by atoms with Gasteiger partial charge in [0.25, 0.3) is 0 Å². The van der Waals surface area contributed by atoms with Crippen LogP contribution in [0.5, 0.6) is 5.75 Å². The van der Waals surface area contributed by atoms with Crippen LogP contribution in [0.1, 0.15) is 19.8 Å². The second-order valence-electron chi connectivity index (χ2n) is 4.70. The molecule has 2 heterocycles. The van der Waals surface area contributed by atoms with Gasteiger partial charge in [-0.15, -0.1) is 0 Å². The maximum Gasteiger partial charge on any atom is 0.308 e. The molecule has 3 rings (SSSR count). The highest BCUT2D eigenvalue weighted by molar-refractivity contribution is 6.21. The van der Waals surface area contributed by atoms with E-state index in [0.29, 0.717) is 15.6 Å². The minimum Gasteiger partial charge on any atom is -0.426 e. The lowest BCUT2D eigenvalue weighted by atomic mass is 10.2. The molecule has 7 heteroatoms. The molecule has 2 aromatic rings. The van der Waals surface area contributed by atoms with Gasteiger partial charge in [-0.1, -0.05) is 12.1 Å². The van der Waals surface area contributed by atoms with E-state index in [0.717, 1.165) is 4.90 Å². The average Bonchev–Trinajstić information content (AvgIpc) is 2.90. The molecule has 21 heavy (non-hydrogen) atoms.